The topological polar surface area (TPSA) is 44.5 Å². The van der Waals surface area contributed by atoms with Gasteiger partial charge in [0.2, 0.25) is 0 Å². The van der Waals surface area contributed by atoms with E-state index in [0.29, 0.717) is 19.1 Å². The maximum atomic E-state index is 5.97. The predicted molar refractivity (Wildman–Crippen MR) is 70.5 cm³/mol. The molecule has 2 N–H and O–H groups in total. The summed E-state index contributed by atoms with van der Waals surface area (Å²) in [6.07, 6.45) is 0.859. The van der Waals surface area contributed by atoms with Gasteiger partial charge in [0.1, 0.15) is 0 Å². The molecule has 1 rings (SSSR count). The molecule has 0 amide bonds. The molecule has 0 bridgehead atoms. The summed E-state index contributed by atoms with van der Waals surface area (Å²) in [7, 11) is 0. The van der Waals surface area contributed by atoms with E-state index in [9.17, 15) is 0 Å². The average Bonchev–Trinajstić information content (AvgIpc) is 2.31. The van der Waals surface area contributed by atoms with Gasteiger partial charge in [-0.3, -0.25) is 0 Å². The summed E-state index contributed by atoms with van der Waals surface area (Å²) in [6, 6.07) is 7.92. The van der Waals surface area contributed by atoms with Crippen molar-refractivity contribution in [1.29, 1.82) is 0 Å². The highest BCUT2D eigenvalue weighted by Crippen LogP contribution is 2.26. The van der Waals surface area contributed by atoms with E-state index in [-0.39, 0.29) is 6.04 Å². The fourth-order valence-corrected chi connectivity index (χ4v) is 1.48. The van der Waals surface area contributed by atoms with Crippen molar-refractivity contribution < 1.29 is 9.47 Å². The summed E-state index contributed by atoms with van der Waals surface area (Å²) in [5.41, 5.74) is 5.97. The minimum Gasteiger partial charge on any atom is -0.490 e. The van der Waals surface area contributed by atoms with E-state index in [1.54, 1.807) is 0 Å². The van der Waals surface area contributed by atoms with Gasteiger partial charge in [-0.15, -0.1) is 0 Å². The van der Waals surface area contributed by atoms with Gasteiger partial charge in [-0.25, -0.2) is 0 Å². The summed E-state index contributed by atoms with van der Waals surface area (Å²) in [4.78, 5) is 0. The molecule has 0 aromatic heterocycles. The fourth-order valence-electron chi connectivity index (χ4n) is 1.48. The molecule has 3 nitrogen and oxygen atoms in total. The van der Waals surface area contributed by atoms with Crippen molar-refractivity contribution >= 4 is 0 Å². The van der Waals surface area contributed by atoms with Gasteiger partial charge in [0, 0.05) is 6.04 Å². The van der Waals surface area contributed by atoms with E-state index in [1.807, 2.05) is 31.2 Å². The first-order valence-corrected chi connectivity index (χ1v) is 6.25. The van der Waals surface area contributed by atoms with Gasteiger partial charge in [0.25, 0.3) is 0 Å². The van der Waals surface area contributed by atoms with E-state index in [0.717, 1.165) is 17.9 Å². The quantitative estimate of drug-likeness (QED) is 0.793. The third-order valence-corrected chi connectivity index (χ3v) is 2.71. The highest BCUT2D eigenvalue weighted by Gasteiger charge is 2.08. The number of ether oxygens (including phenoxy) is 2. The molecule has 0 aliphatic carbocycles. The lowest BCUT2D eigenvalue weighted by atomic mass is 10.0. The second-order valence-corrected chi connectivity index (χ2v) is 4.42. The SMILES string of the molecule is CCOc1ccccc1OCCC(N)C(C)C. The van der Waals surface area contributed by atoms with Crippen molar-refractivity contribution in [2.75, 3.05) is 13.2 Å². The van der Waals surface area contributed by atoms with Crippen molar-refractivity contribution in [2.45, 2.75) is 33.2 Å². The van der Waals surface area contributed by atoms with Crippen LogP contribution in [0.2, 0.25) is 0 Å². The molecule has 0 saturated carbocycles. The van der Waals surface area contributed by atoms with Gasteiger partial charge in [0.05, 0.1) is 13.2 Å². The standard InChI is InChI=1S/C14H23NO2/c1-4-16-13-7-5-6-8-14(13)17-10-9-12(15)11(2)3/h5-8,11-12H,4,9-10,15H2,1-3H3. The second kappa shape index (κ2) is 7.17. The first-order valence-electron chi connectivity index (χ1n) is 6.25. The Morgan fingerprint density at radius 1 is 1.12 bits per heavy atom. The smallest absolute Gasteiger partial charge is 0.161 e. The van der Waals surface area contributed by atoms with Crippen LogP contribution in [0.3, 0.4) is 0 Å². The minimum absolute atomic E-state index is 0.189. The molecule has 1 atom stereocenters. The zero-order chi connectivity index (χ0) is 12.7. The number of para-hydroxylation sites is 2. The van der Waals surface area contributed by atoms with Crippen LogP contribution in [0.1, 0.15) is 27.2 Å². The predicted octanol–water partition coefficient (Wildman–Crippen LogP) is 2.84. The lowest BCUT2D eigenvalue weighted by molar-refractivity contribution is 0.258. The molecular formula is C14H23NO2. The molecule has 1 unspecified atom stereocenters. The second-order valence-electron chi connectivity index (χ2n) is 4.42. The van der Waals surface area contributed by atoms with Gasteiger partial charge in [-0.1, -0.05) is 26.0 Å². The lowest BCUT2D eigenvalue weighted by Crippen LogP contribution is -2.28. The van der Waals surface area contributed by atoms with Crippen molar-refractivity contribution in [1.82, 2.24) is 0 Å². The molecule has 0 saturated heterocycles. The van der Waals surface area contributed by atoms with Crippen LogP contribution in [-0.4, -0.2) is 19.3 Å². The van der Waals surface area contributed by atoms with E-state index in [2.05, 4.69) is 13.8 Å². The molecule has 0 spiro atoms. The molecule has 0 aliphatic heterocycles. The van der Waals surface area contributed by atoms with Gasteiger partial charge < -0.3 is 15.2 Å². The van der Waals surface area contributed by atoms with Crippen LogP contribution in [0.25, 0.3) is 0 Å². The van der Waals surface area contributed by atoms with E-state index >= 15 is 0 Å². The minimum atomic E-state index is 0.189. The van der Waals surface area contributed by atoms with Crippen LogP contribution in [0.5, 0.6) is 11.5 Å². The molecular weight excluding hydrogens is 214 g/mol. The Hall–Kier alpha value is -1.22. The lowest BCUT2D eigenvalue weighted by Gasteiger charge is -2.16. The largest absolute Gasteiger partial charge is 0.490 e. The Balaban J connectivity index is 2.45. The summed E-state index contributed by atoms with van der Waals surface area (Å²) in [5, 5.41) is 0. The van der Waals surface area contributed by atoms with Gasteiger partial charge in [0.15, 0.2) is 11.5 Å². The molecule has 1 aromatic carbocycles. The first kappa shape index (κ1) is 13.8. The number of hydrogen-bond donors (Lipinski definition) is 1. The van der Waals surface area contributed by atoms with Crippen LogP contribution in [0, 0.1) is 5.92 Å². The van der Waals surface area contributed by atoms with E-state index in [1.165, 1.54) is 0 Å². The Bertz CT molecular complexity index is 326. The van der Waals surface area contributed by atoms with Gasteiger partial charge in [-0.05, 0) is 31.4 Å². The molecule has 1 aromatic rings. The maximum Gasteiger partial charge on any atom is 0.161 e. The van der Waals surface area contributed by atoms with Crippen molar-refractivity contribution in [3.63, 3.8) is 0 Å². The number of benzene rings is 1. The zero-order valence-corrected chi connectivity index (χ0v) is 11.0. The Kier molecular flexibility index (Phi) is 5.84. The molecule has 0 fully saturated rings. The highest BCUT2D eigenvalue weighted by molar-refractivity contribution is 5.39. The van der Waals surface area contributed by atoms with Crippen molar-refractivity contribution in [2.24, 2.45) is 11.7 Å². The van der Waals surface area contributed by atoms with Crippen LogP contribution in [-0.2, 0) is 0 Å². The van der Waals surface area contributed by atoms with Gasteiger partial charge in [-0.2, -0.15) is 0 Å². The first-order chi connectivity index (χ1) is 8.15. The Morgan fingerprint density at radius 3 is 2.24 bits per heavy atom. The van der Waals surface area contributed by atoms with Crippen molar-refractivity contribution in [3.8, 4) is 11.5 Å². The van der Waals surface area contributed by atoms with E-state index < -0.39 is 0 Å². The molecule has 0 aliphatic rings. The summed E-state index contributed by atoms with van der Waals surface area (Å²) in [5.74, 6) is 2.08. The summed E-state index contributed by atoms with van der Waals surface area (Å²) >= 11 is 0. The van der Waals surface area contributed by atoms with Crippen LogP contribution < -0.4 is 15.2 Å². The molecule has 3 heteroatoms. The van der Waals surface area contributed by atoms with Crippen LogP contribution in [0.15, 0.2) is 24.3 Å². The Labute approximate surface area is 104 Å². The van der Waals surface area contributed by atoms with Crippen LogP contribution in [0.4, 0.5) is 0 Å². The molecule has 17 heavy (non-hydrogen) atoms. The molecule has 0 heterocycles. The van der Waals surface area contributed by atoms with E-state index in [4.69, 9.17) is 15.2 Å². The van der Waals surface area contributed by atoms with Crippen molar-refractivity contribution in [3.05, 3.63) is 24.3 Å². The Morgan fingerprint density at radius 2 is 1.71 bits per heavy atom. The number of nitrogens with two attached hydrogens (primary N) is 1. The number of hydrogen-bond acceptors (Lipinski definition) is 3. The maximum absolute atomic E-state index is 5.97. The summed E-state index contributed by atoms with van der Waals surface area (Å²) in [6.45, 7) is 7.48. The molecule has 96 valence electrons. The third kappa shape index (κ3) is 4.65. The van der Waals surface area contributed by atoms with Crippen LogP contribution >= 0.6 is 0 Å². The third-order valence-electron chi connectivity index (χ3n) is 2.71. The van der Waals surface area contributed by atoms with Gasteiger partial charge >= 0.3 is 0 Å². The normalized spacial score (nSPS) is 12.5. The highest BCUT2D eigenvalue weighted by atomic mass is 16.5. The number of rotatable bonds is 7. The molecule has 0 radical (unpaired) electrons. The summed E-state index contributed by atoms with van der Waals surface area (Å²) < 4.78 is 11.2. The zero-order valence-electron chi connectivity index (χ0n) is 11.0. The fraction of sp³-hybridized carbons (Fsp3) is 0.571. The monoisotopic (exact) mass is 237 g/mol. The average molecular weight is 237 g/mol.